The maximum Gasteiger partial charge on any atom is 0.314 e. The van der Waals surface area contributed by atoms with Crippen molar-refractivity contribution in [3.63, 3.8) is 0 Å². The highest BCUT2D eigenvalue weighted by Crippen LogP contribution is 2.36. The average Bonchev–Trinajstić information content (AvgIpc) is 3.28. The molecule has 2 aromatic rings. The van der Waals surface area contributed by atoms with Crippen molar-refractivity contribution in [3.05, 3.63) is 29.8 Å². The Balaban J connectivity index is 2.06. The molecule has 0 aliphatic carbocycles. The summed E-state index contributed by atoms with van der Waals surface area (Å²) in [5.74, 6) is 2.12. The van der Waals surface area contributed by atoms with Crippen LogP contribution in [-0.2, 0) is 4.74 Å². The molecule has 28 heavy (non-hydrogen) atoms. The summed E-state index contributed by atoms with van der Waals surface area (Å²) in [6, 6.07) is 3.69. The van der Waals surface area contributed by atoms with E-state index in [4.69, 9.17) is 25.7 Å². The molecule has 0 bridgehead atoms. The van der Waals surface area contributed by atoms with Gasteiger partial charge >= 0.3 is 5.82 Å². The Hall–Kier alpha value is -2.63. The fourth-order valence-corrected chi connectivity index (χ4v) is 3.39. The van der Waals surface area contributed by atoms with Gasteiger partial charge in [0.1, 0.15) is 0 Å². The molecule has 0 aromatic carbocycles. The number of aromatic nitrogens is 2. The second kappa shape index (κ2) is 10.1. The SMILES string of the molecule is [C-]#[N+]c1nc(N2CCCCC2)c(-c2ccco2)nc1N(CCCO)CCOC. The third-order valence-electron chi connectivity index (χ3n) is 4.81. The van der Waals surface area contributed by atoms with Gasteiger partial charge in [0.15, 0.2) is 17.3 Å². The molecule has 0 saturated carbocycles. The molecule has 8 nitrogen and oxygen atoms in total. The summed E-state index contributed by atoms with van der Waals surface area (Å²) in [5, 5.41) is 9.26. The predicted molar refractivity (Wildman–Crippen MR) is 108 cm³/mol. The molecule has 3 heterocycles. The van der Waals surface area contributed by atoms with E-state index in [-0.39, 0.29) is 12.4 Å². The maximum absolute atomic E-state index is 9.26. The summed E-state index contributed by atoms with van der Waals surface area (Å²) in [7, 11) is 1.64. The zero-order valence-electron chi connectivity index (χ0n) is 16.3. The largest absolute Gasteiger partial charge is 0.462 e. The first-order valence-corrected chi connectivity index (χ1v) is 9.71. The van der Waals surface area contributed by atoms with Gasteiger partial charge in [0.25, 0.3) is 5.82 Å². The highest BCUT2D eigenvalue weighted by molar-refractivity contribution is 5.76. The summed E-state index contributed by atoms with van der Waals surface area (Å²) in [6.07, 6.45) is 5.61. The van der Waals surface area contributed by atoms with E-state index in [9.17, 15) is 5.11 Å². The van der Waals surface area contributed by atoms with Crippen LogP contribution in [0.2, 0.25) is 0 Å². The van der Waals surface area contributed by atoms with E-state index in [0.29, 0.717) is 49.2 Å². The molecule has 0 atom stereocenters. The molecule has 0 radical (unpaired) electrons. The van der Waals surface area contributed by atoms with Crippen LogP contribution in [0, 0.1) is 6.57 Å². The second-order valence-electron chi connectivity index (χ2n) is 6.74. The molecule has 3 rings (SSSR count). The lowest BCUT2D eigenvalue weighted by Gasteiger charge is -2.28. The topological polar surface area (TPSA) is 79.2 Å². The quantitative estimate of drug-likeness (QED) is 0.664. The zero-order valence-corrected chi connectivity index (χ0v) is 16.3. The highest BCUT2D eigenvalue weighted by Gasteiger charge is 2.27. The molecule has 1 fully saturated rings. The maximum atomic E-state index is 9.26. The summed E-state index contributed by atoms with van der Waals surface area (Å²) in [4.78, 5) is 17.4. The van der Waals surface area contributed by atoms with Gasteiger partial charge in [-0.05, 0) is 37.8 Å². The molecular weight excluding hydrogens is 358 g/mol. The van der Waals surface area contributed by atoms with Crippen molar-refractivity contribution < 1.29 is 14.3 Å². The van der Waals surface area contributed by atoms with Crippen molar-refractivity contribution in [1.82, 2.24) is 9.97 Å². The number of ether oxygens (including phenoxy) is 1. The van der Waals surface area contributed by atoms with Crippen LogP contribution in [0.25, 0.3) is 16.3 Å². The molecule has 0 spiro atoms. The number of furan rings is 1. The third-order valence-corrected chi connectivity index (χ3v) is 4.81. The van der Waals surface area contributed by atoms with Gasteiger partial charge in [-0.2, -0.15) is 0 Å². The van der Waals surface area contributed by atoms with Gasteiger partial charge in [0.2, 0.25) is 0 Å². The monoisotopic (exact) mass is 385 g/mol. The van der Waals surface area contributed by atoms with Gasteiger partial charge in [-0.3, -0.25) is 0 Å². The van der Waals surface area contributed by atoms with Crippen molar-refractivity contribution in [1.29, 1.82) is 0 Å². The Bertz CT molecular complexity index is 774. The Kier molecular flexibility index (Phi) is 7.23. The van der Waals surface area contributed by atoms with Gasteiger partial charge in [0.05, 0.1) is 12.9 Å². The lowest BCUT2D eigenvalue weighted by Crippen LogP contribution is -2.32. The lowest BCUT2D eigenvalue weighted by atomic mass is 10.1. The van der Waals surface area contributed by atoms with E-state index in [1.807, 2.05) is 17.0 Å². The average molecular weight is 385 g/mol. The van der Waals surface area contributed by atoms with E-state index in [1.54, 1.807) is 13.4 Å². The number of hydrogen-bond acceptors (Lipinski definition) is 7. The zero-order chi connectivity index (χ0) is 19.8. The van der Waals surface area contributed by atoms with Crippen LogP contribution in [0.15, 0.2) is 22.8 Å². The van der Waals surface area contributed by atoms with Gasteiger partial charge in [-0.25, -0.2) is 4.98 Å². The van der Waals surface area contributed by atoms with Crippen molar-refractivity contribution in [2.75, 3.05) is 56.3 Å². The van der Waals surface area contributed by atoms with E-state index in [1.165, 1.54) is 6.42 Å². The van der Waals surface area contributed by atoms with Gasteiger partial charge in [0, 0.05) is 39.9 Å². The summed E-state index contributed by atoms with van der Waals surface area (Å²) in [5.41, 5.74) is 0.653. The minimum atomic E-state index is 0.0706. The van der Waals surface area contributed by atoms with Crippen LogP contribution in [0.1, 0.15) is 25.7 Å². The minimum absolute atomic E-state index is 0.0706. The van der Waals surface area contributed by atoms with Crippen LogP contribution < -0.4 is 9.80 Å². The lowest BCUT2D eigenvalue weighted by molar-refractivity contribution is 0.204. The number of rotatable bonds is 9. The molecule has 1 aliphatic heterocycles. The molecule has 0 unspecified atom stereocenters. The highest BCUT2D eigenvalue weighted by atomic mass is 16.5. The van der Waals surface area contributed by atoms with Gasteiger partial charge in [-0.15, -0.1) is 0 Å². The number of methoxy groups -OCH3 is 1. The fraction of sp³-hybridized carbons (Fsp3) is 0.550. The molecule has 150 valence electrons. The second-order valence-corrected chi connectivity index (χ2v) is 6.74. The normalized spacial score (nSPS) is 14.1. The molecule has 0 amide bonds. The first-order chi connectivity index (χ1) is 13.8. The minimum Gasteiger partial charge on any atom is -0.462 e. The number of nitrogens with zero attached hydrogens (tertiary/aromatic N) is 5. The van der Waals surface area contributed by atoms with E-state index in [2.05, 4.69) is 9.74 Å². The Labute approximate surface area is 165 Å². The number of piperidine rings is 1. The summed E-state index contributed by atoms with van der Waals surface area (Å²) in [6.45, 7) is 11.2. The van der Waals surface area contributed by atoms with Crippen molar-refractivity contribution in [2.45, 2.75) is 25.7 Å². The summed E-state index contributed by atoms with van der Waals surface area (Å²) < 4.78 is 10.8. The third kappa shape index (κ3) is 4.61. The Morgan fingerprint density at radius 1 is 1.29 bits per heavy atom. The number of aliphatic hydroxyl groups is 1. The van der Waals surface area contributed by atoms with Crippen molar-refractivity contribution >= 4 is 17.5 Å². The van der Waals surface area contributed by atoms with Crippen molar-refractivity contribution in [2.24, 2.45) is 0 Å². The fourth-order valence-electron chi connectivity index (χ4n) is 3.39. The first-order valence-electron chi connectivity index (χ1n) is 9.71. The van der Waals surface area contributed by atoms with E-state index in [0.717, 1.165) is 25.9 Å². The predicted octanol–water partition coefficient (Wildman–Crippen LogP) is 3.11. The Morgan fingerprint density at radius 2 is 2.11 bits per heavy atom. The van der Waals surface area contributed by atoms with Gasteiger partial charge in [-0.1, -0.05) is 11.6 Å². The van der Waals surface area contributed by atoms with Gasteiger partial charge < -0.3 is 28.9 Å². The van der Waals surface area contributed by atoms with E-state index < -0.39 is 0 Å². The van der Waals surface area contributed by atoms with Crippen molar-refractivity contribution in [3.8, 4) is 11.5 Å². The molecule has 1 aliphatic rings. The van der Waals surface area contributed by atoms with Crippen LogP contribution in [-0.4, -0.2) is 61.6 Å². The smallest absolute Gasteiger partial charge is 0.314 e. The molecule has 1 saturated heterocycles. The van der Waals surface area contributed by atoms with Crippen LogP contribution in [0.3, 0.4) is 0 Å². The molecular formula is C20H27N5O3. The number of hydrogen-bond donors (Lipinski definition) is 1. The van der Waals surface area contributed by atoms with E-state index >= 15 is 0 Å². The Morgan fingerprint density at radius 3 is 2.75 bits per heavy atom. The number of aliphatic hydroxyl groups excluding tert-OH is 1. The molecule has 1 N–H and O–H groups in total. The standard InChI is InChI=1S/C20H27N5O3/c1-21-18-20(25(11-7-13-26)12-15-27-2)22-17(16-8-6-14-28-16)19(23-18)24-9-4-3-5-10-24/h6,8,14,26H,3-5,7,9-13,15H2,2H3. The number of anilines is 2. The summed E-state index contributed by atoms with van der Waals surface area (Å²) >= 11 is 0. The molecule has 2 aromatic heterocycles. The molecule has 8 heteroatoms. The van der Waals surface area contributed by atoms with Crippen LogP contribution in [0.4, 0.5) is 17.5 Å². The van der Waals surface area contributed by atoms with Crippen LogP contribution in [0.5, 0.6) is 0 Å². The van der Waals surface area contributed by atoms with Crippen LogP contribution >= 0.6 is 0 Å². The first kappa shape index (κ1) is 20.1.